The zero-order valence-electron chi connectivity index (χ0n) is 7.33. The summed E-state index contributed by atoms with van der Waals surface area (Å²) in [5.41, 5.74) is 1.18. The molecule has 0 aliphatic heterocycles. The topological polar surface area (TPSA) is 29.1 Å². The van der Waals surface area contributed by atoms with Gasteiger partial charge in [0.25, 0.3) is 0 Å². The molecule has 66 valence electrons. The van der Waals surface area contributed by atoms with E-state index >= 15 is 0 Å². The van der Waals surface area contributed by atoms with Gasteiger partial charge in [-0.15, -0.1) is 0 Å². The van der Waals surface area contributed by atoms with E-state index in [1.807, 2.05) is 30.7 Å². The van der Waals surface area contributed by atoms with Crippen molar-refractivity contribution >= 4 is 17.2 Å². The van der Waals surface area contributed by atoms with Crippen LogP contribution in [-0.4, -0.2) is 5.91 Å². The number of rotatable bonds is 3. The average molecular weight is 183 g/mol. The second kappa shape index (κ2) is 4.26. The predicted molar refractivity (Wildman–Crippen MR) is 51.0 cm³/mol. The maximum Gasteiger partial charge on any atom is 0.222 e. The van der Waals surface area contributed by atoms with Crippen LogP contribution in [0.25, 0.3) is 0 Å². The van der Waals surface area contributed by atoms with Crippen molar-refractivity contribution in [2.24, 2.45) is 5.92 Å². The number of carbonyl (C=O) groups excluding carboxylic acids is 1. The molecule has 1 aromatic rings. The summed E-state index contributed by atoms with van der Waals surface area (Å²) in [5, 5.41) is 6.91. The van der Waals surface area contributed by atoms with Gasteiger partial charge in [-0.05, 0) is 22.4 Å². The molecular formula is C9H13NOS. The highest BCUT2D eigenvalue weighted by atomic mass is 32.1. The summed E-state index contributed by atoms with van der Waals surface area (Å²) in [6.07, 6.45) is 0. The van der Waals surface area contributed by atoms with E-state index in [0.717, 1.165) is 0 Å². The zero-order valence-corrected chi connectivity index (χ0v) is 8.15. The molecule has 0 aliphatic rings. The van der Waals surface area contributed by atoms with Crippen LogP contribution in [-0.2, 0) is 11.3 Å². The molecule has 0 aromatic carbocycles. The lowest BCUT2D eigenvalue weighted by Gasteiger charge is -2.05. The Balaban J connectivity index is 2.32. The SMILES string of the molecule is CC(C)C(=O)NCc1ccsc1. The number of hydrogen-bond donors (Lipinski definition) is 1. The zero-order chi connectivity index (χ0) is 8.97. The van der Waals surface area contributed by atoms with Gasteiger partial charge in [0.2, 0.25) is 5.91 Å². The third-order valence-electron chi connectivity index (χ3n) is 1.57. The summed E-state index contributed by atoms with van der Waals surface area (Å²) >= 11 is 1.65. The lowest BCUT2D eigenvalue weighted by Crippen LogP contribution is -2.26. The standard InChI is InChI=1S/C9H13NOS/c1-7(2)9(11)10-5-8-3-4-12-6-8/h3-4,6-7H,5H2,1-2H3,(H,10,11). The molecule has 12 heavy (non-hydrogen) atoms. The van der Waals surface area contributed by atoms with Gasteiger partial charge < -0.3 is 5.32 Å². The summed E-state index contributed by atoms with van der Waals surface area (Å²) in [6, 6.07) is 2.02. The fourth-order valence-electron chi connectivity index (χ4n) is 0.787. The Morgan fingerprint density at radius 1 is 1.67 bits per heavy atom. The number of nitrogens with one attached hydrogen (secondary N) is 1. The third-order valence-corrected chi connectivity index (χ3v) is 2.30. The molecule has 0 saturated heterocycles. The second-order valence-electron chi connectivity index (χ2n) is 3.00. The molecule has 2 nitrogen and oxygen atoms in total. The van der Waals surface area contributed by atoms with E-state index in [4.69, 9.17) is 0 Å². The van der Waals surface area contributed by atoms with E-state index in [9.17, 15) is 4.79 Å². The molecule has 1 heterocycles. The maximum atomic E-state index is 11.1. The number of amides is 1. The van der Waals surface area contributed by atoms with Crippen molar-refractivity contribution in [3.8, 4) is 0 Å². The minimum atomic E-state index is 0.0728. The first kappa shape index (κ1) is 9.26. The van der Waals surface area contributed by atoms with Gasteiger partial charge in [-0.3, -0.25) is 4.79 Å². The first-order chi connectivity index (χ1) is 5.70. The minimum absolute atomic E-state index is 0.0728. The van der Waals surface area contributed by atoms with Gasteiger partial charge >= 0.3 is 0 Å². The lowest BCUT2D eigenvalue weighted by atomic mass is 10.2. The second-order valence-corrected chi connectivity index (χ2v) is 3.78. The molecule has 0 unspecified atom stereocenters. The van der Waals surface area contributed by atoms with Gasteiger partial charge in [-0.2, -0.15) is 11.3 Å². The van der Waals surface area contributed by atoms with E-state index in [2.05, 4.69) is 5.32 Å². The maximum absolute atomic E-state index is 11.1. The van der Waals surface area contributed by atoms with Crippen molar-refractivity contribution in [2.45, 2.75) is 20.4 Å². The van der Waals surface area contributed by atoms with Crippen LogP contribution in [0.3, 0.4) is 0 Å². The molecule has 0 spiro atoms. The first-order valence-electron chi connectivity index (χ1n) is 3.99. The number of thiophene rings is 1. The third kappa shape index (κ3) is 2.66. The molecule has 0 radical (unpaired) electrons. The van der Waals surface area contributed by atoms with Crippen molar-refractivity contribution < 1.29 is 4.79 Å². The summed E-state index contributed by atoms with van der Waals surface area (Å²) in [6.45, 7) is 4.44. The molecular weight excluding hydrogens is 170 g/mol. The van der Waals surface area contributed by atoms with Crippen LogP contribution in [0.1, 0.15) is 19.4 Å². The van der Waals surface area contributed by atoms with Gasteiger partial charge in [0, 0.05) is 12.5 Å². The van der Waals surface area contributed by atoms with Gasteiger partial charge in [0.1, 0.15) is 0 Å². The molecule has 1 rings (SSSR count). The van der Waals surface area contributed by atoms with E-state index in [0.29, 0.717) is 6.54 Å². The predicted octanol–water partition coefficient (Wildman–Crippen LogP) is 2.02. The summed E-state index contributed by atoms with van der Waals surface area (Å²) in [4.78, 5) is 11.1. The largest absolute Gasteiger partial charge is 0.352 e. The smallest absolute Gasteiger partial charge is 0.222 e. The summed E-state index contributed by atoms with van der Waals surface area (Å²) < 4.78 is 0. The van der Waals surface area contributed by atoms with Crippen LogP contribution < -0.4 is 5.32 Å². The van der Waals surface area contributed by atoms with Crippen LogP contribution in [0.5, 0.6) is 0 Å². The molecule has 0 saturated carbocycles. The molecule has 1 amide bonds. The van der Waals surface area contributed by atoms with Crippen LogP contribution >= 0.6 is 11.3 Å². The van der Waals surface area contributed by atoms with Crippen LogP contribution in [0.15, 0.2) is 16.8 Å². The minimum Gasteiger partial charge on any atom is -0.352 e. The Morgan fingerprint density at radius 2 is 2.42 bits per heavy atom. The molecule has 0 fully saturated rings. The fraction of sp³-hybridized carbons (Fsp3) is 0.444. The normalized spacial score (nSPS) is 10.2. The lowest BCUT2D eigenvalue weighted by molar-refractivity contribution is -0.124. The number of hydrogen-bond acceptors (Lipinski definition) is 2. The highest BCUT2D eigenvalue weighted by Gasteiger charge is 2.05. The monoisotopic (exact) mass is 183 g/mol. The number of carbonyl (C=O) groups is 1. The molecule has 1 N–H and O–H groups in total. The van der Waals surface area contributed by atoms with Gasteiger partial charge in [-0.25, -0.2) is 0 Å². The van der Waals surface area contributed by atoms with Crippen molar-refractivity contribution in [1.29, 1.82) is 0 Å². The fourth-order valence-corrected chi connectivity index (χ4v) is 1.46. The Bertz CT molecular complexity index is 241. The Morgan fingerprint density at radius 3 is 2.92 bits per heavy atom. The Kier molecular flexibility index (Phi) is 3.29. The van der Waals surface area contributed by atoms with E-state index in [-0.39, 0.29) is 11.8 Å². The molecule has 0 bridgehead atoms. The van der Waals surface area contributed by atoms with Crippen LogP contribution in [0.4, 0.5) is 0 Å². The molecule has 0 atom stereocenters. The Hall–Kier alpha value is -0.830. The highest BCUT2D eigenvalue weighted by Crippen LogP contribution is 2.05. The van der Waals surface area contributed by atoms with Crippen molar-refractivity contribution in [3.63, 3.8) is 0 Å². The van der Waals surface area contributed by atoms with Crippen molar-refractivity contribution in [1.82, 2.24) is 5.32 Å². The summed E-state index contributed by atoms with van der Waals surface area (Å²) in [7, 11) is 0. The van der Waals surface area contributed by atoms with Gasteiger partial charge in [-0.1, -0.05) is 13.8 Å². The van der Waals surface area contributed by atoms with Crippen LogP contribution in [0.2, 0.25) is 0 Å². The van der Waals surface area contributed by atoms with Crippen molar-refractivity contribution in [3.05, 3.63) is 22.4 Å². The van der Waals surface area contributed by atoms with E-state index < -0.39 is 0 Å². The van der Waals surface area contributed by atoms with Gasteiger partial charge in [0.05, 0.1) is 0 Å². The van der Waals surface area contributed by atoms with Crippen molar-refractivity contribution in [2.75, 3.05) is 0 Å². The summed E-state index contributed by atoms with van der Waals surface area (Å²) in [5.74, 6) is 0.185. The Labute approximate surface area is 76.6 Å². The van der Waals surface area contributed by atoms with Crippen LogP contribution in [0, 0.1) is 5.92 Å². The van der Waals surface area contributed by atoms with E-state index in [1.165, 1.54) is 5.56 Å². The van der Waals surface area contributed by atoms with Gasteiger partial charge in [0.15, 0.2) is 0 Å². The molecule has 3 heteroatoms. The van der Waals surface area contributed by atoms with E-state index in [1.54, 1.807) is 11.3 Å². The molecule has 1 aromatic heterocycles. The highest BCUT2D eigenvalue weighted by molar-refractivity contribution is 7.07. The first-order valence-corrected chi connectivity index (χ1v) is 4.93. The molecule has 0 aliphatic carbocycles. The average Bonchev–Trinajstić information content (AvgIpc) is 2.51. The quantitative estimate of drug-likeness (QED) is 0.763.